The zero-order valence-electron chi connectivity index (χ0n) is 78.9. The van der Waals surface area contributed by atoms with E-state index in [1.807, 2.05) is 52.1 Å². The number of aliphatic hydroxyl groups excluding tert-OH is 4. The lowest BCUT2D eigenvalue weighted by molar-refractivity contribution is -0.147. The molecule has 5 heterocycles. The van der Waals surface area contributed by atoms with Gasteiger partial charge in [0, 0.05) is 43.1 Å². The van der Waals surface area contributed by atoms with Crippen molar-refractivity contribution in [1.29, 1.82) is 0 Å². The Balaban J connectivity index is -0.000000799. The quantitative estimate of drug-likeness (QED) is 0.00704. The number of benzene rings is 3. The Morgan fingerprint density at radius 1 is 0.536 bits per heavy atom. The van der Waals surface area contributed by atoms with Gasteiger partial charge in [0.1, 0.15) is 60.1 Å². The van der Waals surface area contributed by atoms with Crippen LogP contribution in [0.4, 0.5) is 0 Å². The summed E-state index contributed by atoms with van der Waals surface area (Å²) >= 11 is 112. The molecule has 3 aromatic rings. The molecule has 5 unspecified atom stereocenters. The molecular weight excluding hydrogens is 2560 g/mol. The van der Waals surface area contributed by atoms with Gasteiger partial charge in [0.2, 0.25) is 24.9 Å². The molecule has 0 radical (unpaired) electrons. The number of carbonyl (C=O) groups excluding carboxylic acids is 6. The predicted molar refractivity (Wildman–Crippen MR) is 596 cm³/mol. The third-order valence-electron chi connectivity index (χ3n) is 16.2. The maximum absolute atomic E-state index is 10.5. The topological polar surface area (TPSA) is 413 Å². The second-order valence-electron chi connectivity index (χ2n) is 32.1. The van der Waals surface area contributed by atoms with Gasteiger partial charge in [0.25, 0.3) is 0 Å². The number of aldehydes is 2. The summed E-state index contributed by atoms with van der Waals surface area (Å²) in [6, 6.07) is 31.5. The highest BCUT2D eigenvalue weighted by molar-refractivity contribution is 9.10. The standard InChI is InChI=1S/C31H32Cl6NO3P.C13H18BrCl6NO3.C9H14BrNO2.C5H9BrO3.C5H7BrO3.C5H7BrO2.C5H10O2S.C5H8O2.C4H11NO.C3H6O2.C2H3Cl3O.CH2Cl2/c1-29(2)20-41-28(38-29)26(18-19-27(39-21-30(32,33)34)40-22-31(35,36)37)42(23-12-6-3-7-13-23,24-14-8-4-9-15-24)25-16-10-5-11-17-25;1-11(2)5-24-10(21-11)8(14)3-4-9(22-6-12(15,16)17)23-7-13(18,19)20;1-9(2)6-13-8(11-9)7(10)4-3-5-12;2*6-4(5(8)9)2-1-3-7;6-4-2-1-3-8-5(4)7;1-5(6)3-7-4-8-2;6-5-3-1-2-4-7-5;1-4(2,5)3-6;1-3(5)2-4;3-2(4,5)1-6;2-1-3/h3-17,27H,18-22H2,1-2H3;8-9H,3-7H2,1-2H3;5,7H,3-4,6H2,1-2H3;4,7H,1-3H2,(H,8,9);3-4H,1-2H2,(H,8,9);4H,1-3H2;3-4H2,1-2H3;1-4H2;6H,3,5H2,1-2H3;4H,2H2,1H3;6H,1H2;1H2. The number of halogens is 22. The second-order valence-corrected chi connectivity index (χ2v) is 55.3. The van der Waals surface area contributed by atoms with Gasteiger partial charge in [-0.05, 0) is 169 Å². The molecule has 5 aliphatic heterocycles. The molecule has 0 saturated carbocycles. The summed E-state index contributed by atoms with van der Waals surface area (Å²) in [7, 11) is 0. The zero-order chi connectivity index (χ0) is 108. The van der Waals surface area contributed by atoms with Crippen LogP contribution in [0.2, 0.25) is 0 Å². The first kappa shape index (κ1) is 146. The lowest BCUT2D eigenvalue weighted by Crippen LogP contribution is -2.35. The molecule has 2 saturated heterocycles. The number of carboxylic acids is 2. The van der Waals surface area contributed by atoms with Gasteiger partial charge in [-0.25, -0.2) is 15.0 Å². The zero-order valence-corrected chi connectivity index (χ0v) is 101. The van der Waals surface area contributed by atoms with Gasteiger partial charge in [-0.2, -0.15) is 0 Å². The van der Waals surface area contributed by atoms with E-state index in [1.165, 1.54) is 13.8 Å². The van der Waals surface area contributed by atoms with Crippen LogP contribution in [0.5, 0.6) is 0 Å². The fourth-order valence-electron chi connectivity index (χ4n) is 10.0. The summed E-state index contributed by atoms with van der Waals surface area (Å²) in [5.74, 6) is 0.547. The van der Waals surface area contributed by atoms with E-state index in [4.69, 9.17) is 281 Å². The number of ketones is 2. The highest BCUT2D eigenvalue weighted by Gasteiger charge is 2.39. The summed E-state index contributed by atoms with van der Waals surface area (Å²) < 4.78 is 46.4. The van der Waals surface area contributed by atoms with Crippen LogP contribution in [0, 0.1) is 0 Å². The molecule has 5 aliphatic rings. The van der Waals surface area contributed by atoms with Gasteiger partial charge >= 0.3 is 23.9 Å². The van der Waals surface area contributed by atoms with E-state index in [0.29, 0.717) is 121 Å². The van der Waals surface area contributed by atoms with Gasteiger partial charge in [0.05, 0.1) is 90.4 Å². The van der Waals surface area contributed by atoms with E-state index >= 15 is 0 Å². The Bertz CT molecular complexity index is 3920. The molecule has 28 nitrogen and oxygen atoms in total. The van der Waals surface area contributed by atoms with Crippen LogP contribution in [0.3, 0.4) is 0 Å². The average Bonchev–Trinajstić information content (AvgIpc) is 1.18. The summed E-state index contributed by atoms with van der Waals surface area (Å²) in [6.07, 6.45) is 11.4. The van der Waals surface area contributed by atoms with Gasteiger partial charge in [-0.1, -0.05) is 345 Å². The average molecular weight is 2690 g/mol. The Kier molecular flexibility index (Phi) is 83.8. The molecule has 8 rings (SSSR count). The maximum atomic E-state index is 10.5. The van der Waals surface area contributed by atoms with Crippen LogP contribution in [0.15, 0.2) is 106 Å². The predicted octanol–water partition coefficient (Wildman–Crippen LogP) is 22.2. The van der Waals surface area contributed by atoms with Crippen molar-refractivity contribution in [1.82, 2.24) is 0 Å². The minimum Gasteiger partial charge on any atom is -0.480 e. The number of nitrogens with two attached hydrogens (primary N) is 1. The van der Waals surface area contributed by atoms with E-state index in [1.54, 1.807) is 25.6 Å². The first-order valence-electron chi connectivity index (χ1n) is 42.4. The SMILES string of the molecule is CC(=O)CO.CC(C)(N)CO.CC1(C)COC(C(Br)CCC(OCC(Cl)(Cl)Cl)OCC(Cl)(Cl)Cl)=N1.CC1(C)COC(C(Br)CCC=O)=N1.CC1(C)COC(C(CCC(OCC(Cl)(Cl)Cl)OCC(Cl)(Cl)Cl)=P(c2ccccc2)(c2ccccc2)c2ccccc2)=N1.CSCOCC(C)=O.ClCCl.O=C(O)C(Br)CCCO.O=C1CCCCO1.O=C1OCCCC1Br.O=CCCC(Br)C(=O)O.OCC(Cl)(Cl)Cl. The van der Waals surface area contributed by atoms with Crippen LogP contribution in [0.25, 0.3) is 0 Å². The van der Waals surface area contributed by atoms with Gasteiger partial charge in [0.15, 0.2) is 35.9 Å². The number of rotatable bonds is 37. The van der Waals surface area contributed by atoms with Crippen molar-refractivity contribution < 1.29 is 116 Å². The Labute approximate surface area is 953 Å². The number of alkyl halides is 22. The Morgan fingerprint density at radius 3 is 1.17 bits per heavy atom. The molecule has 0 amide bonds. The number of esters is 2. The number of nitrogens with zero attached hydrogens (tertiary/aromatic N) is 3. The van der Waals surface area contributed by atoms with Crippen molar-refractivity contribution in [2.45, 2.75) is 243 Å². The Hall–Kier alpha value is 0.210. The number of ether oxygens (including phenoxy) is 10. The second kappa shape index (κ2) is 80.1. The van der Waals surface area contributed by atoms with Gasteiger partial charge in [-0.15, -0.1) is 35.0 Å². The van der Waals surface area contributed by atoms with Crippen molar-refractivity contribution in [3.63, 3.8) is 0 Å². The van der Waals surface area contributed by atoms with Crippen molar-refractivity contribution in [2.24, 2.45) is 20.7 Å². The minimum absolute atomic E-state index is 0.0359. The largest absolute Gasteiger partial charge is 0.480 e. The molecular formula is C88H127Br5Cl17N4O24PS. The number of cyclic esters (lactones) is 2. The van der Waals surface area contributed by atoms with E-state index in [9.17, 15) is 38.4 Å². The molecule has 140 heavy (non-hydrogen) atoms. The van der Waals surface area contributed by atoms with E-state index < -0.39 is 77.7 Å². The fourth-order valence-corrected chi connectivity index (χ4v) is 17.6. The highest BCUT2D eigenvalue weighted by Crippen LogP contribution is 2.49. The Morgan fingerprint density at radius 2 is 0.900 bits per heavy atom. The van der Waals surface area contributed by atoms with Crippen molar-refractivity contribution in [3.8, 4) is 0 Å². The number of carbonyl (C=O) groups is 8. The number of hydrogen-bond donors (Lipinski definition) is 7. The first-order valence-corrected chi connectivity index (χ1v) is 56.9. The highest BCUT2D eigenvalue weighted by atomic mass is 79.9. The number of aliphatic carboxylic acids is 2. The van der Waals surface area contributed by atoms with Crippen LogP contribution in [0.1, 0.15) is 166 Å². The summed E-state index contributed by atoms with van der Waals surface area (Å²) in [5.41, 5.74) is 4.16. The smallest absolute Gasteiger partial charge is 0.319 e. The molecule has 2 fully saturated rings. The van der Waals surface area contributed by atoms with Crippen molar-refractivity contribution in [2.75, 3.05) is 110 Å². The third-order valence-corrected chi connectivity index (χ3v) is 27.0. The number of aliphatic hydroxyl groups is 4. The van der Waals surface area contributed by atoms with Crippen LogP contribution in [-0.4, -0.2) is 290 Å². The fraction of sp³-hybridized carbons (Fsp3) is 0.659. The number of hydrogen-bond acceptors (Lipinski definition) is 27. The minimum atomic E-state index is -2.53. The van der Waals surface area contributed by atoms with E-state index in [-0.39, 0.29) is 107 Å². The molecule has 808 valence electrons. The lowest BCUT2D eigenvalue weighted by atomic mass is 10.1. The third kappa shape index (κ3) is 81.0. The molecule has 0 aliphatic carbocycles. The molecule has 0 spiro atoms. The van der Waals surface area contributed by atoms with Crippen LogP contribution >= 0.6 is 296 Å². The molecule has 3 aromatic carbocycles. The normalized spacial score (nSPS) is 16.3. The number of carboxylic acid groups (broad SMARTS) is 2. The maximum Gasteiger partial charge on any atom is 0.319 e. The first-order chi connectivity index (χ1) is 64.8. The lowest BCUT2D eigenvalue weighted by Gasteiger charge is -2.33. The molecule has 8 N–H and O–H groups in total. The molecule has 5 atom stereocenters. The number of thioether (sulfide) groups is 1. The summed E-state index contributed by atoms with van der Waals surface area (Å²) in [6.45, 7) is 17.7. The monoisotopic (exact) mass is 2680 g/mol. The molecule has 0 aromatic heterocycles. The summed E-state index contributed by atoms with van der Waals surface area (Å²) in [5, 5.41) is 53.6. The summed E-state index contributed by atoms with van der Waals surface area (Å²) in [4.78, 5) is 93.4. The van der Waals surface area contributed by atoms with Crippen molar-refractivity contribution in [3.05, 3.63) is 91.0 Å². The van der Waals surface area contributed by atoms with Gasteiger partial charge < -0.3 is 93.3 Å². The van der Waals surface area contributed by atoms with E-state index in [0.717, 1.165) is 65.5 Å². The molecule has 52 heteroatoms. The number of aliphatic imine (C=N–C) groups is 3. The van der Waals surface area contributed by atoms with Crippen LogP contribution < -0.4 is 21.6 Å². The van der Waals surface area contributed by atoms with Crippen molar-refractivity contribution >= 4 is 382 Å². The van der Waals surface area contributed by atoms with Gasteiger partial charge in [-0.3, -0.25) is 28.8 Å². The van der Waals surface area contributed by atoms with Crippen LogP contribution in [-0.2, 0) is 85.7 Å². The number of Topliss-reactive ketones (excluding diaryl/α,β-unsaturated/α-hetero) is 2. The molecule has 0 bridgehead atoms. The van der Waals surface area contributed by atoms with E-state index in [2.05, 4.69) is 181 Å².